The second-order valence-electron chi connectivity index (χ2n) is 3.44. The molecule has 0 radical (unpaired) electrons. The molecular formula is C10H13NO5S. The normalized spacial score (nSPS) is 15.2. The number of carboxylic acid groups (broad SMARTS) is 1. The molecule has 94 valence electrons. The van der Waals surface area contributed by atoms with Crippen LogP contribution >= 0.6 is 0 Å². The smallest absolute Gasteiger partial charge is 0.307 e. The van der Waals surface area contributed by atoms with Crippen molar-refractivity contribution in [2.75, 3.05) is 7.11 Å². The number of nitrogens with two attached hydrogens (primary N) is 1. The van der Waals surface area contributed by atoms with Gasteiger partial charge in [0.25, 0.3) is 0 Å². The SMILES string of the molecule is COC(CC(=O)O)(c1ccccc1)S(N)(=O)=O. The Labute approximate surface area is 99.1 Å². The highest BCUT2D eigenvalue weighted by Crippen LogP contribution is 2.33. The molecule has 6 nitrogen and oxygen atoms in total. The molecule has 3 N–H and O–H groups in total. The molecule has 0 saturated heterocycles. The van der Waals surface area contributed by atoms with Gasteiger partial charge in [-0.3, -0.25) is 4.79 Å². The highest BCUT2D eigenvalue weighted by atomic mass is 32.2. The number of hydrogen-bond acceptors (Lipinski definition) is 4. The Kier molecular flexibility index (Phi) is 3.87. The van der Waals surface area contributed by atoms with Crippen molar-refractivity contribution in [2.24, 2.45) is 5.14 Å². The monoisotopic (exact) mass is 259 g/mol. The van der Waals surface area contributed by atoms with Gasteiger partial charge in [-0.1, -0.05) is 30.3 Å². The quantitative estimate of drug-likeness (QED) is 0.788. The molecule has 0 spiro atoms. The maximum Gasteiger partial charge on any atom is 0.307 e. The average molecular weight is 259 g/mol. The van der Waals surface area contributed by atoms with Gasteiger partial charge in [0.1, 0.15) is 0 Å². The van der Waals surface area contributed by atoms with Crippen molar-refractivity contribution in [1.82, 2.24) is 0 Å². The van der Waals surface area contributed by atoms with Crippen molar-refractivity contribution < 1.29 is 23.1 Å². The van der Waals surface area contributed by atoms with Gasteiger partial charge in [0.05, 0.1) is 6.42 Å². The Morgan fingerprint density at radius 3 is 2.29 bits per heavy atom. The highest BCUT2D eigenvalue weighted by Gasteiger charge is 2.45. The molecule has 0 aliphatic heterocycles. The summed E-state index contributed by atoms with van der Waals surface area (Å²) in [6.07, 6.45) is -0.758. The first kappa shape index (κ1) is 13.6. The number of benzene rings is 1. The molecule has 1 aromatic carbocycles. The van der Waals surface area contributed by atoms with Gasteiger partial charge in [-0.05, 0) is 0 Å². The van der Waals surface area contributed by atoms with E-state index in [1.807, 2.05) is 0 Å². The molecule has 0 saturated carbocycles. The fourth-order valence-corrected chi connectivity index (χ4v) is 2.59. The molecule has 0 fully saturated rings. The molecule has 0 bridgehead atoms. The van der Waals surface area contributed by atoms with E-state index in [1.54, 1.807) is 18.2 Å². The molecule has 1 atom stereocenters. The Bertz CT molecular complexity index is 499. The number of hydrogen-bond donors (Lipinski definition) is 2. The van der Waals surface area contributed by atoms with Crippen molar-refractivity contribution in [3.05, 3.63) is 35.9 Å². The van der Waals surface area contributed by atoms with Gasteiger partial charge in [-0.2, -0.15) is 0 Å². The molecule has 0 aromatic heterocycles. The second kappa shape index (κ2) is 4.82. The molecule has 0 amide bonds. The van der Waals surface area contributed by atoms with E-state index < -0.39 is 27.3 Å². The largest absolute Gasteiger partial charge is 0.481 e. The first-order valence-electron chi connectivity index (χ1n) is 4.68. The van der Waals surface area contributed by atoms with Crippen LogP contribution in [0, 0.1) is 0 Å². The zero-order valence-electron chi connectivity index (χ0n) is 9.16. The van der Waals surface area contributed by atoms with Crippen molar-refractivity contribution >= 4 is 16.0 Å². The fourth-order valence-electron chi connectivity index (χ4n) is 1.56. The van der Waals surface area contributed by atoms with Crippen LogP contribution in [0.1, 0.15) is 12.0 Å². The molecule has 1 unspecified atom stereocenters. The number of ether oxygens (including phenoxy) is 1. The summed E-state index contributed by atoms with van der Waals surface area (Å²) in [7, 11) is -3.12. The number of carbonyl (C=O) groups is 1. The maximum atomic E-state index is 11.6. The summed E-state index contributed by atoms with van der Waals surface area (Å²) in [5.41, 5.74) is 0.187. The number of carboxylic acids is 1. The minimum absolute atomic E-state index is 0.187. The first-order chi connectivity index (χ1) is 7.83. The van der Waals surface area contributed by atoms with Crippen LogP contribution in [0.15, 0.2) is 30.3 Å². The van der Waals surface area contributed by atoms with Crippen LogP contribution in [0.2, 0.25) is 0 Å². The van der Waals surface area contributed by atoms with Crippen molar-refractivity contribution in [3.63, 3.8) is 0 Å². The summed E-state index contributed by atoms with van der Waals surface area (Å²) in [6.45, 7) is 0. The minimum Gasteiger partial charge on any atom is -0.481 e. The predicted octanol–water partition coefficient (Wildman–Crippen LogP) is 0.249. The molecule has 1 aromatic rings. The lowest BCUT2D eigenvalue weighted by molar-refractivity contribution is -0.141. The average Bonchev–Trinajstić information content (AvgIpc) is 2.25. The number of methoxy groups -OCH3 is 1. The van der Waals surface area contributed by atoms with E-state index in [-0.39, 0.29) is 5.56 Å². The van der Waals surface area contributed by atoms with Gasteiger partial charge in [-0.15, -0.1) is 0 Å². The van der Waals surface area contributed by atoms with Crippen LogP contribution in [-0.2, 0) is 24.5 Å². The van der Waals surface area contributed by atoms with E-state index in [1.165, 1.54) is 12.1 Å². The van der Waals surface area contributed by atoms with Crippen LogP contribution in [-0.4, -0.2) is 26.6 Å². The summed E-state index contributed by atoms with van der Waals surface area (Å²) < 4.78 is 28.1. The minimum atomic E-state index is -4.23. The van der Waals surface area contributed by atoms with E-state index in [2.05, 4.69) is 0 Å². The molecular weight excluding hydrogens is 246 g/mol. The first-order valence-corrected chi connectivity index (χ1v) is 6.23. The molecule has 17 heavy (non-hydrogen) atoms. The van der Waals surface area contributed by atoms with E-state index in [4.69, 9.17) is 15.0 Å². The molecule has 0 heterocycles. The number of rotatable bonds is 5. The van der Waals surface area contributed by atoms with Gasteiger partial charge in [0, 0.05) is 12.7 Å². The fraction of sp³-hybridized carbons (Fsp3) is 0.300. The van der Waals surface area contributed by atoms with E-state index in [9.17, 15) is 13.2 Å². The summed E-state index contributed by atoms with van der Waals surface area (Å²) in [4.78, 5) is 8.74. The summed E-state index contributed by atoms with van der Waals surface area (Å²) in [6, 6.07) is 7.74. The van der Waals surface area contributed by atoms with Gasteiger partial charge < -0.3 is 9.84 Å². The summed E-state index contributed by atoms with van der Waals surface area (Å²) in [5.74, 6) is -1.32. The third kappa shape index (κ3) is 2.63. The second-order valence-corrected chi connectivity index (χ2v) is 5.19. The molecule has 7 heteroatoms. The zero-order chi connectivity index (χ0) is 13.1. The lowest BCUT2D eigenvalue weighted by Crippen LogP contribution is -2.44. The number of aliphatic carboxylic acids is 1. The zero-order valence-corrected chi connectivity index (χ0v) is 9.98. The lowest BCUT2D eigenvalue weighted by atomic mass is 10.1. The van der Waals surface area contributed by atoms with E-state index in [0.717, 1.165) is 7.11 Å². The Morgan fingerprint density at radius 2 is 1.94 bits per heavy atom. The van der Waals surface area contributed by atoms with Crippen molar-refractivity contribution in [1.29, 1.82) is 0 Å². The van der Waals surface area contributed by atoms with E-state index >= 15 is 0 Å². The summed E-state index contributed by atoms with van der Waals surface area (Å²) in [5, 5.41) is 13.9. The Morgan fingerprint density at radius 1 is 1.41 bits per heavy atom. The third-order valence-electron chi connectivity index (χ3n) is 2.39. The van der Waals surface area contributed by atoms with Crippen LogP contribution in [0.25, 0.3) is 0 Å². The van der Waals surface area contributed by atoms with Crippen molar-refractivity contribution in [2.45, 2.75) is 11.4 Å². The van der Waals surface area contributed by atoms with Crippen molar-refractivity contribution in [3.8, 4) is 0 Å². The Hall–Kier alpha value is -1.44. The number of sulfonamides is 1. The lowest BCUT2D eigenvalue weighted by Gasteiger charge is -2.28. The predicted molar refractivity (Wildman–Crippen MR) is 60.5 cm³/mol. The van der Waals surface area contributed by atoms with Gasteiger partial charge in [0.2, 0.25) is 15.0 Å². The standard InChI is InChI=1S/C10H13NO5S/c1-16-10(7-9(12)13,17(11,14)15)8-5-3-2-4-6-8/h2-6H,7H2,1H3,(H,12,13)(H2,11,14,15). The van der Waals surface area contributed by atoms with Gasteiger partial charge >= 0.3 is 5.97 Å². The Balaban J connectivity index is 3.42. The molecule has 0 aliphatic rings. The highest BCUT2D eigenvalue weighted by molar-refractivity contribution is 7.90. The third-order valence-corrected chi connectivity index (χ3v) is 3.85. The topological polar surface area (TPSA) is 107 Å². The van der Waals surface area contributed by atoms with Crippen LogP contribution < -0.4 is 5.14 Å². The van der Waals surface area contributed by atoms with Gasteiger partial charge in [-0.25, -0.2) is 13.6 Å². The molecule has 1 rings (SSSR count). The van der Waals surface area contributed by atoms with Crippen LogP contribution in [0.3, 0.4) is 0 Å². The summed E-state index contributed by atoms with van der Waals surface area (Å²) >= 11 is 0. The van der Waals surface area contributed by atoms with Crippen LogP contribution in [0.4, 0.5) is 0 Å². The van der Waals surface area contributed by atoms with Gasteiger partial charge in [0.15, 0.2) is 0 Å². The van der Waals surface area contributed by atoms with E-state index in [0.29, 0.717) is 0 Å². The maximum absolute atomic E-state index is 11.6. The number of primary sulfonamides is 1. The molecule has 0 aliphatic carbocycles. The van der Waals surface area contributed by atoms with Crippen LogP contribution in [0.5, 0.6) is 0 Å².